The Kier molecular flexibility index (Phi) is 5.08. The smallest absolute Gasteiger partial charge is 0.387 e. The normalized spacial score (nSPS) is 27.5. The highest BCUT2D eigenvalue weighted by molar-refractivity contribution is 5.28. The van der Waals surface area contributed by atoms with Gasteiger partial charge in [-0.1, -0.05) is 12.1 Å². The first kappa shape index (κ1) is 17.6. The monoisotopic (exact) mass is 341 g/mol. The van der Waals surface area contributed by atoms with E-state index in [-0.39, 0.29) is 11.4 Å². The quantitative estimate of drug-likeness (QED) is 0.913. The van der Waals surface area contributed by atoms with Gasteiger partial charge in [-0.3, -0.25) is 4.90 Å². The van der Waals surface area contributed by atoms with Gasteiger partial charge in [-0.05, 0) is 43.9 Å². The molecule has 2 saturated heterocycles. The van der Waals surface area contributed by atoms with Crippen LogP contribution in [0.5, 0.6) is 5.75 Å². The van der Waals surface area contributed by atoms with E-state index in [0.29, 0.717) is 26.0 Å². The number of piperidine rings is 1. The second-order valence-corrected chi connectivity index (χ2v) is 7.26. The molecule has 2 heterocycles. The van der Waals surface area contributed by atoms with Crippen LogP contribution in [0.3, 0.4) is 0 Å². The molecule has 0 aliphatic carbocycles. The summed E-state index contributed by atoms with van der Waals surface area (Å²) < 4.78 is 35.1. The number of halogens is 2. The Morgan fingerprint density at radius 2 is 2.04 bits per heavy atom. The van der Waals surface area contributed by atoms with Crippen molar-refractivity contribution in [1.82, 2.24) is 4.90 Å². The van der Waals surface area contributed by atoms with Crippen molar-refractivity contribution >= 4 is 0 Å². The van der Waals surface area contributed by atoms with Crippen LogP contribution >= 0.6 is 0 Å². The molecule has 1 spiro atoms. The van der Waals surface area contributed by atoms with Crippen molar-refractivity contribution in [3.63, 3.8) is 0 Å². The van der Waals surface area contributed by atoms with Gasteiger partial charge in [0.25, 0.3) is 0 Å². The van der Waals surface area contributed by atoms with E-state index in [4.69, 9.17) is 4.74 Å². The van der Waals surface area contributed by atoms with E-state index in [1.807, 2.05) is 13.0 Å². The van der Waals surface area contributed by atoms with E-state index in [1.165, 1.54) is 0 Å². The Hall–Kier alpha value is -1.24. The third kappa shape index (κ3) is 4.43. The van der Waals surface area contributed by atoms with Gasteiger partial charge in [0, 0.05) is 26.1 Å². The molecule has 134 valence electrons. The molecule has 1 N–H and O–H groups in total. The molecule has 1 aromatic carbocycles. The fourth-order valence-corrected chi connectivity index (χ4v) is 3.84. The zero-order valence-corrected chi connectivity index (χ0v) is 14.0. The summed E-state index contributed by atoms with van der Waals surface area (Å²) in [7, 11) is 0. The summed E-state index contributed by atoms with van der Waals surface area (Å²) in [6.45, 7) is 2.14. The summed E-state index contributed by atoms with van der Waals surface area (Å²) in [5, 5.41) is 10.3. The van der Waals surface area contributed by atoms with Crippen LogP contribution < -0.4 is 4.74 Å². The SMILES string of the molecule is CC1(O)CCOC2(CCN(Cc3cccc(OC(F)F)c3)CC2)C1. The zero-order valence-electron chi connectivity index (χ0n) is 14.0. The number of nitrogens with zero attached hydrogens (tertiary/aromatic N) is 1. The second-order valence-electron chi connectivity index (χ2n) is 7.26. The molecule has 4 nitrogen and oxygen atoms in total. The molecular weight excluding hydrogens is 316 g/mol. The Morgan fingerprint density at radius 3 is 2.71 bits per heavy atom. The van der Waals surface area contributed by atoms with E-state index in [1.54, 1.807) is 18.2 Å². The van der Waals surface area contributed by atoms with Crippen molar-refractivity contribution in [3.05, 3.63) is 29.8 Å². The highest BCUT2D eigenvalue weighted by Gasteiger charge is 2.44. The molecule has 0 radical (unpaired) electrons. The molecule has 1 atom stereocenters. The van der Waals surface area contributed by atoms with Crippen LogP contribution in [0.15, 0.2) is 24.3 Å². The lowest BCUT2D eigenvalue weighted by Crippen LogP contribution is -2.53. The van der Waals surface area contributed by atoms with Gasteiger partial charge in [0.2, 0.25) is 0 Å². The predicted molar refractivity (Wildman–Crippen MR) is 86.1 cm³/mol. The van der Waals surface area contributed by atoms with Gasteiger partial charge in [0.15, 0.2) is 0 Å². The van der Waals surface area contributed by atoms with Crippen LogP contribution in [0.25, 0.3) is 0 Å². The van der Waals surface area contributed by atoms with Gasteiger partial charge in [-0.2, -0.15) is 8.78 Å². The maximum Gasteiger partial charge on any atom is 0.387 e. The second kappa shape index (κ2) is 6.94. The van der Waals surface area contributed by atoms with Crippen molar-refractivity contribution in [1.29, 1.82) is 0 Å². The summed E-state index contributed by atoms with van der Waals surface area (Å²) in [5.41, 5.74) is 0.112. The predicted octanol–water partition coefficient (Wildman–Crippen LogP) is 3.18. The van der Waals surface area contributed by atoms with E-state index >= 15 is 0 Å². The molecule has 1 aromatic rings. The van der Waals surface area contributed by atoms with Gasteiger partial charge in [-0.25, -0.2) is 0 Å². The Bertz CT molecular complexity index is 557. The van der Waals surface area contributed by atoms with Crippen molar-refractivity contribution in [2.75, 3.05) is 19.7 Å². The van der Waals surface area contributed by atoms with E-state index < -0.39 is 12.2 Å². The number of alkyl halides is 2. The molecule has 0 saturated carbocycles. The maximum absolute atomic E-state index is 12.3. The summed E-state index contributed by atoms with van der Waals surface area (Å²) in [6, 6.07) is 6.86. The van der Waals surface area contributed by atoms with Gasteiger partial charge < -0.3 is 14.6 Å². The molecule has 0 aromatic heterocycles. The van der Waals surface area contributed by atoms with Crippen LogP contribution in [0.1, 0.15) is 38.2 Å². The van der Waals surface area contributed by atoms with Crippen molar-refractivity contribution in [2.24, 2.45) is 0 Å². The molecule has 1 unspecified atom stereocenters. The Morgan fingerprint density at radius 1 is 1.29 bits per heavy atom. The van der Waals surface area contributed by atoms with E-state index in [9.17, 15) is 13.9 Å². The minimum atomic E-state index is -2.80. The van der Waals surface area contributed by atoms with Gasteiger partial charge >= 0.3 is 6.61 Å². The van der Waals surface area contributed by atoms with Crippen LogP contribution in [0.4, 0.5) is 8.78 Å². The molecule has 0 amide bonds. The van der Waals surface area contributed by atoms with Gasteiger partial charge in [0.1, 0.15) is 5.75 Å². The summed E-state index contributed by atoms with van der Waals surface area (Å²) >= 11 is 0. The zero-order chi connectivity index (χ0) is 17.2. The third-order valence-electron chi connectivity index (χ3n) is 5.05. The fourth-order valence-electron chi connectivity index (χ4n) is 3.84. The van der Waals surface area contributed by atoms with Gasteiger partial charge in [0.05, 0.1) is 17.8 Å². The molecule has 6 heteroatoms. The largest absolute Gasteiger partial charge is 0.435 e. The summed E-state index contributed by atoms with van der Waals surface area (Å²) in [4.78, 5) is 2.29. The molecule has 0 bridgehead atoms. The van der Waals surface area contributed by atoms with Crippen molar-refractivity contribution in [3.8, 4) is 5.75 Å². The number of hydrogen-bond donors (Lipinski definition) is 1. The highest BCUT2D eigenvalue weighted by atomic mass is 19.3. The molecule has 2 aliphatic rings. The molecule has 24 heavy (non-hydrogen) atoms. The lowest BCUT2D eigenvalue weighted by Gasteiger charge is -2.48. The average molecular weight is 341 g/mol. The van der Waals surface area contributed by atoms with Crippen molar-refractivity contribution < 1.29 is 23.4 Å². The molecular formula is C18H25F2NO3. The standard InChI is InChI=1S/C18H25F2NO3/c1-17(22)7-10-23-18(13-17)5-8-21(9-6-18)12-14-3-2-4-15(11-14)24-16(19)20/h2-4,11,16,22H,5-10,12-13H2,1H3. The molecule has 3 rings (SSSR count). The first-order chi connectivity index (χ1) is 11.4. The lowest BCUT2D eigenvalue weighted by atomic mass is 9.78. The number of benzene rings is 1. The van der Waals surface area contributed by atoms with Crippen molar-refractivity contribution in [2.45, 2.75) is 57.0 Å². The van der Waals surface area contributed by atoms with Gasteiger partial charge in [-0.15, -0.1) is 0 Å². The van der Waals surface area contributed by atoms with Crippen LogP contribution in [0, 0.1) is 0 Å². The summed E-state index contributed by atoms with van der Waals surface area (Å²) in [5.74, 6) is 0.197. The average Bonchev–Trinajstić information content (AvgIpc) is 2.48. The number of ether oxygens (including phenoxy) is 2. The van der Waals surface area contributed by atoms with Crippen LogP contribution in [0.2, 0.25) is 0 Å². The minimum absolute atomic E-state index is 0.197. The van der Waals surface area contributed by atoms with E-state index in [0.717, 1.165) is 31.5 Å². The summed E-state index contributed by atoms with van der Waals surface area (Å²) in [6.07, 6.45) is 3.15. The topological polar surface area (TPSA) is 41.9 Å². The lowest BCUT2D eigenvalue weighted by molar-refractivity contribution is -0.173. The number of hydrogen-bond acceptors (Lipinski definition) is 4. The number of rotatable bonds is 4. The Labute approximate surface area is 141 Å². The highest BCUT2D eigenvalue weighted by Crippen LogP contribution is 2.39. The third-order valence-corrected chi connectivity index (χ3v) is 5.05. The van der Waals surface area contributed by atoms with E-state index in [2.05, 4.69) is 9.64 Å². The minimum Gasteiger partial charge on any atom is -0.435 e. The molecule has 2 aliphatic heterocycles. The Balaban J connectivity index is 1.56. The molecule has 2 fully saturated rings. The fraction of sp³-hybridized carbons (Fsp3) is 0.667. The number of aliphatic hydroxyl groups is 1. The van der Waals surface area contributed by atoms with Crippen LogP contribution in [-0.2, 0) is 11.3 Å². The first-order valence-corrected chi connectivity index (χ1v) is 8.48. The van der Waals surface area contributed by atoms with Crippen LogP contribution in [-0.4, -0.2) is 47.5 Å². The maximum atomic E-state index is 12.3. The number of likely N-dealkylation sites (tertiary alicyclic amines) is 1. The first-order valence-electron chi connectivity index (χ1n) is 8.48.